The van der Waals surface area contributed by atoms with Crippen molar-refractivity contribution in [3.63, 3.8) is 0 Å². The smallest absolute Gasteiger partial charge is 0.316 e. The Hall–Kier alpha value is -1.36. The molecule has 0 bridgehead atoms. The lowest BCUT2D eigenvalue weighted by atomic mass is 9.71. The molecule has 1 atom stereocenters. The molecule has 2 rings (SSSR count). The molecule has 1 aliphatic rings. The molecule has 0 aromatic heterocycles. The highest BCUT2D eigenvalue weighted by Gasteiger charge is 2.43. The van der Waals surface area contributed by atoms with Gasteiger partial charge in [-0.3, -0.25) is 4.79 Å². The summed E-state index contributed by atoms with van der Waals surface area (Å²) in [6.07, 6.45) is -3.35. The first-order valence-electron chi connectivity index (χ1n) is 7.16. The summed E-state index contributed by atoms with van der Waals surface area (Å²) in [7, 11) is 0. The predicted octanol–water partition coefficient (Wildman–Crippen LogP) is 3.45. The number of benzene rings is 1. The van der Waals surface area contributed by atoms with Gasteiger partial charge in [-0.2, -0.15) is 13.2 Å². The highest BCUT2D eigenvalue weighted by atomic mass is 19.4. The van der Waals surface area contributed by atoms with Crippen molar-refractivity contribution in [2.45, 2.75) is 32.9 Å². The lowest BCUT2D eigenvalue weighted by molar-refractivity contribution is -0.137. The third-order valence-corrected chi connectivity index (χ3v) is 4.49. The molecular formula is C16H20F3NO. The van der Waals surface area contributed by atoms with E-state index in [2.05, 4.69) is 5.32 Å². The molecule has 1 aromatic rings. The minimum absolute atomic E-state index is 0.113. The van der Waals surface area contributed by atoms with Crippen molar-refractivity contribution in [3.8, 4) is 0 Å². The Labute approximate surface area is 122 Å². The first-order chi connectivity index (χ1) is 9.75. The van der Waals surface area contributed by atoms with Crippen LogP contribution in [0.5, 0.6) is 0 Å². The van der Waals surface area contributed by atoms with Crippen LogP contribution in [0.2, 0.25) is 0 Å². The number of rotatable bonds is 4. The van der Waals surface area contributed by atoms with Gasteiger partial charge >= 0.3 is 6.18 Å². The Bertz CT molecular complexity index is 499. The van der Waals surface area contributed by atoms with E-state index in [1.54, 1.807) is 0 Å². The van der Waals surface area contributed by atoms with E-state index in [9.17, 15) is 18.0 Å². The van der Waals surface area contributed by atoms with Gasteiger partial charge in [-0.05, 0) is 36.6 Å². The Balaban J connectivity index is 2.12. The van der Waals surface area contributed by atoms with Gasteiger partial charge in [0, 0.05) is 18.4 Å². The number of nitrogens with one attached hydrogen (secondary N) is 1. The molecule has 21 heavy (non-hydrogen) atoms. The topological polar surface area (TPSA) is 29.1 Å². The first kappa shape index (κ1) is 16.0. The lowest BCUT2D eigenvalue weighted by Gasteiger charge is -2.31. The summed E-state index contributed by atoms with van der Waals surface area (Å²) in [4.78, 5) is 12.6. The molecule has 2 nitrogen and oxygen atoms in total. The number of carbonyl (C=O) groups excluding carboxylic acids is 1. The van der Waals surface area contributed by atoms with Gasteiger partial charge in [-0.25, -0.2) is 0 Å². The number of halogens is 3. The van der Waals surface area contributed by atoms with Crippen LogP contribution in [0.4, 0.5) is 13.2 Å². The number of carbonyl (C=O) groups is 1. The largest absolute Gasteiger partial charge is 0.416 e. The van der Waals surface area contributed by atoms with Gasteiger partial charge < -0.3 is 5.32 Å². The van der Waals surface area contributed by atoms with Crippen molar-refractivity contribution < 1.29 is 18.0 Å². The zero-order chi connectivity index (χ0) is 15.7. The molecule has 1 saturated heterocycles. The summed E-state index contributed by atoms with van der Waals surface area (Å²) in [5.41, 5.74) is -0.428. The van der Waals surface area contributed by atoms with Crippen molar-refractivity contribution in [2.24, 2.45) is 11.3 Å². The fraction of sp³-hybridized carbons (Fsp3) is 0.562. The number of hydrogen-bond acceptors (Lipinski definition) is 2. The SMILES string of the molecule is CC(C)C1(C(=O)Cc2ccc(C(F)(F)F)cc2)CCNC1. The van der Waals surface area contributed by atoms with Crippen LogP contribution in [-0.2, 0) is 17.4 Å². The van der Waals surface area contributed by atoms with E-state index in [1.807, 2.05) is 13.8 Å². The minimum atomic E-state index is -4.34. The van der Waals surface area contributed by atoms with Crippen LogP contribution in [0.3, 0.4) is 0 Å². The van der Waals surface area contributed by atoms with Gasteiger partial charge in [0.15, 0.2) is 0 Å². The molecule has 0 radical (unpaired) electrons. The fourth-order valence-electron chi connectivity index (χ4n) is 2.94. The highest BCUT2D eigenvalue weighted by Crippen LogP contribution is 2.36. The standard InChI is InChI=1S/C16H20F3NO/c1-11(2)15(7-8-20-10-15)14(21)9-12-3-5-13(6-4-12)16(17,18)19/h3-6,11,20H,7-10H2,1-2H3. The summed E-state index contributed by atoms with van der Waals surface area (Å²) in [6, 6.07) is 4.88. The average Bonchev–Trinajstić information content (AvgIpc) is 2.89. The summed E-state index contributed by atoms with van der Waals surface area (Å²) in [5.74, 6) is 0.330. The van der Waals surface area contributed by atoms with Crippen molar-refractivity contribution >= 4 is 5.78 Å². The van der Waals surface area contributed by atoms with Crippen LogP contribution < -0.4 is 5.32 Å². The van der Waals surface area contributed by atoms with Crippen molar-refractivity contribution in [1.82, 2.24) is 5.32 Å². The summed E-state index contributed by atoms with van der Waals surface area (Å²) in [6.45, 7) is 5.52. The monoisotopic (exact) mass is 299 g/mol. The van der Waals surface area contributed by atoms with Crippen LogP contribution in [0.25, 0.3) is 0 Å². The van der Waals surface area contributed by atoms with Gasteiger partial charge in [0.25, 0.3) is 0 Å². The lowest BCUT2D eigenvalue weighted by Crippen LogP contribution is -2.39. The Morgan fingerprint density at radius 3 is 2.33 bits per heavy atom. The van der Waals surface area contributed by atoms with Crippen molar-refractivity contribution in [2.75, 3.05) is 13.1 Å². The van der Waals surface area contributed by atoms with E-state index in [4.69, 9.17) is 0 Å². The van der Waals surface area contributed by atoms with E-state index in [0.717, 1.165) is 25.1 Å². The Morgan fingerprint density at radius 2 is 1.90 bits per heavy atom. The van der Waals surface area contributed by atoms with Gasteiger partial charge in [-0.15, -0.1) is 0 Å². The predicted molar refractivity (Wildman–Crippen MR) is 74.9 cm³/mol. The van der Waals surface area contributed by atoms with Gasteiger partial charge in [0.2, 0.25) is 0 Å². The quantitative estimate of drug-likeness (QED) is 0.922. The second-order valence-corrected chi connectivity index (χ2v) is 6.03. The maximum atomic E-state index is 12.6. The third-order valence-electron chi connectivity index (χ3n) is 4.49. The number of alkyl halides is 3. The highest BCUT2D eigenvalue weighted by molar-refractivity contribution is 5.87. The Kier molecular flexibility index (Phi) is 4.42. The van der Waals surface area contributed by atoms with E-state index >= 15 is 0 Å². The number of ketones is 1. The maximum absolute atomic E-state index is 12.6. The molecule has 1 N–H and O–H groups in total. The fourth-order valence-corrected chi connectivity index (χ4v) is 2.94. The minimum Gasteiger partial charge on any atom is -0.316 e. The van der Waals surface area contributed by atoms with Crippen LogP contribution in [0.15, 0.2) is 24.3 Å². The van der Waals surface area contributed by atoms with Crippen LogP contribution in [-0.4, -0.2) is 18.9 Å². The summed E-state index contributed by atoms with van der Waals surface area (Å²) >= 11 is 0. The van der Waals surface area contributed by atoms with Gasteiger partial charge in [0.05, 0.1) is 5.56 Å². The molecule has 0 spiro atoms. The summed E-state index contributed by atoms with van der Waals surface area (Å²) < 4.78 is 37.6. The molecule has 1 fully saturated rings. The van der Waals surface area contributed by atoms with E-state index < -0.39 is 11.7 Å². The second kappa shape index (κ2) is 5.79. The maximum Gasteiger partial charge on any atom is 0.416 e. The zero-order valence-electron chi connectivity index (χ0n) is 12.3. The molecule has 0 saturated carbocycles. The van der Waals surface area contributed by atoms with Crippen LogP contribution >= 0.6 is 0 Å². The van der Waals surface area contributed by atoms with Gasteiger partial charge in [0.1, 0.15) is 5.78 Å². The number of Topliss-reactive ketones (excluding diaryl/α,β-unsaturated/α-hetero) is 1. The molecule has 5 heteroatoms. The van der Waals surface area contributed by atoms with Crippen LogP contribution in [0, 0.1) is 11.3 Å². The van der Waals surface area contributed by atoms with E-state index in [-0.39, 0.29) is 23.5 Å². The van der Waals surface area contributed by atoms with Crippen LogP contribution in [0.1, 0.15) is 31.4 Å². The first-order valence-corrected chi connectivity index (χ1v) is 7.16. The average molecular weight is 299 g/mol. The third kappa shape index (κ3) is 3.28. The molecule has 116 valence electrons. The van der Waals surface area contributed by atoms with Crippen molar-refractivity contribution in [1.29, 1.82) is 0 Å². The number of hydrogen-bond donors (Lipinski definition) is 1. The molecule has 1 heterocycles. The molecular weight excluding hydrogens is 279 g/mol. The zero-order valence-corrected chi connectivity index (χ0v) is 12.3. The van der Waals surface area contributed by atoms with E-state index in [0.29, 0.717) is 12.1 Å². The molecule has 1 aliphatic heterocycles. The Morgan fingerprint density at radius 1 is 1.29 bits per heavy atom. The molecule has 1 aromatic carbocycles. The molecule has 0 aliphatic carbocycles. The normalized spacial score (nSPS) is 22.8. The van der Waals surface area contributed by atoms with Crippen molar-refractivity contribution in [3.05, 3.63) is 35.4 Å². The van der Waals surface area contributed by atoms with Gasteiger partial charge in [-0.1, -0.05) is 26.0 Å². The molecule has 1 unspecified atom stereocenters. The summed E-state index contributed by atoms with van der Waals surface area (Å²) in [5, 5.41) is 3.22. The molecule has 0 amide bonds. The van der Waals surface area contributed by atoms with E-state index in [1.165, 1.54) is 12.1 Å². The second-order valence-electron chi connectivity index (χ2n) is 6.03.